The van der Waals surface area contributed by atoms with E-state index >= 15 is 0 Å². The summed E-state index contributed by atoms with van der Waals surface area (Å²) in [6.45, 7) is -0.461. The van der Waals surface area contributed by atoms with E-state index in [1.165, 1.54) is 12.1 Å². The fraction of sp³-hybridized carbons (Fsp3) is 0.125. The minimum Gasteiger partial charge on any atom is -0.452 e. The smallest absolute Gasteiger partial charge is 0.340 e. The Balaban J connectivity index is 1.86. The lowest BCUT2D eigenvalue weighted by molar-refractivity contribution is -0.124. The zero-order valence-electron chi connectivity index (χ0n) is 11.8. The van der Waals surface area contributed by atoms with Crippen molar-refractivity contribution in [3.05, 3.63) is 68.9 Å². The quantitative estimate of drug-likeness (QED) is 0.779. The second-order valence-corrected chi connectivity index (χ2v) is 5.89. The normalized spacial score (nSPS) is 10.2. The van der Waals surface area contributed by atoms with Crippen molar-refractivity contribution in [3.8, 4) is 0 Å². The van der Waals surface area contributed by atoms with E-state index in [1.807, 2.05) is 0 Å². The molecule has 0 aliphatic carbocycles. The molecule has 0 saturated heterocycles. The fourth-order valence-electron chi connectivity index (χ4n) is 1.75. The molecule has 2 aromatic carbocycles. The van der Waals surface area contributed by atoms with Crippen molar-refractivity contribution in [2.75, 3.05) is 6.61 Å². The fourth-order valence-corrected chi connectivity index (χ4v) is 2.31. The molecule has 2 aromatic rings. The average molecular weight is 401 g/mol. The van der Waals surface area contributed by atoms with Gasteiger partial charge in [0.2, 0.25) is 0 Å². The van der Waals surface area contributed by atoms with Crippen LogP contribution in [0, 0.1) is 5.82 Å². The van der Waals surface area contributed by atoms with Gasteiger partial charge in [-0.25, -0.2) is 9.18 Å². The van der Waals surface area contributed by atoms with Gasteiger partial charge in [0.25, 0.3) is 5.91 Å². The highest BCUT2D eigenvalue weighted by Crippen LogP contribution is 2.21. The molecule has 2 rings (SSSR count). The van der Waals surface area contributed by atoms with Crippen LogP contribution in [0.15, 0.2) is 46.9 Å². The number of carbonyl (C=O) groups excluding carboxylic acids is 2. The molecule has 0 fully saturated rings. The van der Waals surface area contributed by atoms with Crippen molar-refractivity contribution in [1.29, 1.82) is 0 Å². The van der Waals surface area contributed by atoms with Gasteiger partial charge in [0.05, 0.1) is 10.6 Å². The molecule has 0 radical (unpaired) electrons. The van der Waals surface area contributed by atoms with Crippen LogP contribution < -0.4 is 5.32 Å². The number of nitrogens with one attached hydrogen (secondary N) is 1. The lowest BCUT2D eigenvalue weighted by Crippen LogP contribution is -2.28. The maximum Gasteiger partial charge on any atom is 0.340 e. The molecule has 23 heavy (non-hydrogen) atoms. The molecule has 0 heterocycles. The Bertz CT molecular complexity index is 739. The van der Waals surface area contributed by atoms with Crippen LogP contribution in [0.2, 0.25) is 5.02 Å². The van der Waals surface area contributed by atoms with Gasteiger partial charge < -0.3 is 10.1 Å². The van der Waals surface area contributed by atoms with Gasteiger partial charge >= 0.3 is 5.97 Å². The van der Waals surface area contributed by atoms with Crippen molar-refractivity contribution >= 4 is 39.4 Å². The molecular weight excluding hydrogens is 389 g/mol. The highest BCUT2D eigenvalue weighted by atomic mass is 79.9. The Morgan fingerprint density at radius 1 is 1.22 bits per heavy atom. The minimum atomic E-state index is -0.711. The SMILES string of the molecule is O=C(COC(=O)c1cc(Br)ccc1Cl)NCc1ccccc1F. The van der Waals surface area contributed by atoms with E-state index in [1.54, 1.807) is 30.3 Å². The van der Waals surface area contributed by atoms with Crippen LogP contribution >= 0.6 is 27.5 Å². The molecule has 1 amide bonds. The number of esters is 1. The van der Waals surface area contributed by atoms with Crippen molar-refractivity contribution < 1.29 is 18.7 Å². The first kappa shape index (κ1) is 17.4. The first-order chi connectivity index (χ1) is 11.0. The predicted octanol–water partition coefficient (Wildman–Crippen LogP) is 3.71. The van der Waals surface area contributed by atoms with Gasteiger partial charge in [-0.3, -0.25) is 4.79 Å². The summed E-state index contributed by atoms with van der Waals surface area (Å²) >= 11 is 9.12. The number of carbonyl (C=O) groups is 2. The van der Waals surface area contributed by atoms with Crippen molar-refractivity contribution in [2.45, 2.75) is 6.54 Å². The first-order valence-electron chi connectivity index (χ1n) is 6.59. The summed E-state index contributed by atoms with van der Waals surface area (Å²) in [5.41, 5.74) is 0.505. The van der Waals surface area contributed by atoms with Crippen LogP contribution in [0.1, 0.15) is 15.9 Å². The van der Waals surface area contributed by atoms with Gasteiger partial charge in [-0.15, -0.1) is 0 Å². The number of benzene rings is 2. The number of ether oxygens (including phenoxy) is 1. The molecule has 1 N–H and O–H groups in total. The number of hydrogen-bond acceptors (Lipinski definition) is 3. The number of hydrogen-bond donors (Lipinski definition) is 1. The van der Waals surface area contributed by atoms with Crippen molar-refractivity contribution in [2.24, 2.45) is 0 Å². The van der Waals surface area contributed by atoms with E-state index in [9.17, 15) is 14.0 Å². The van der Waals surface area contributed by atoms with Crippen LogP contribution in [0.3, 0.4) is 0 Å². The Labute approximate surface area is 145 Å². The summed E-state index contributed by atoms with van der Waals surface area (Å²) in [5.74, 6) is -1.66. The summed E-state index contributed by atoms with van der Waals surface area (Å²) in [6.07, 6.45) is 0. The first-order valence-corrected chi connectivity index (χ1v) is 7.77. The van der Waals surface area contributed by atoms with Crippen LogP contribution in [0.4, 0.5) is 4.39 Å². The van der Waals surface area contributed by atoms with E-state index in [0.717, 1.165) is 0 Å². The molecule has 0 spiro atoms. The topological polar surface area (TPSA) is 55.4 Å². The second-order valence-electron chi connectivity index (χ2n) is 4.57. The van der Waals surface area contributed by atoms with Crippen LogP contribution in [0.5, 0.6) is 0 Å². The largest absolute Gasteiger partial charge is 0.452 e. The maximum atomic E-state index is 13.4. The van der Waals surface area contributed by atoms with Gasteiger partial charge in [0.15, 0.2) is 6.61 Å². The summed E-state index contributed by atoms with van der Waals surface area (Å²) in [4.78, 5) is 23.5. The molecule has 0 aliphatic heterocycles. The molecule has 7 heteroatoms. The lowest BCUT2D eigenvalue weighted by atomic mass is 10.2. The molecule has 120 valence electrons. The molecule has 4 nitrogen and oxygen atoms in total. The zero-order chi connectivity index (χ0) is 16.8. The Hall–Kier alpha value is -1.92. The average Bonchev–Trinajstić information content (AvgIpc) is 2.54. The van der Waals surface area contributed by atoms with Crippen molar-refractivity contribution in [1.82, 2.24) is 5.32 Å². The zero-order valence-corrected chi connectivity index (χ0v) is 14.2. The Morgan fingerprint density at radius 2 is 1.96 bits per heavy atom. The summed E-state index contributed by atoms with van der Waals surface area (Å²) < 4.78 is 19.0. The lowest BCUT2D eigenvalue weighted by Gasteiger charge is -2.08. The van der Waals surface area contributed by atoms with E-state index in [4.69, 9.17) is 16.3 Å². The van der Waals surface area contributed by atoms with E-state index < -0.39 is 24.3 Å². The summed E-state index contributed by atoms with van der Waals surface area (Å²) in [6, 6.07) is 10.8. The monoisotopic (exact) mass is 399 g/mol. The maximum absolute atomic E-state index is 13.4. The van der Waals surface area contributed by atoms with Crippen LogP contribution in [-0.2, 0) is 16.1 Å². The second kappa shape index (κ2) is 8.08. The van der Waals surface area contributed by atoms with Gasteiger partial charge in [-0.2, -0.15) is 0 Å². The standard InChI is InChI=1S/C16H12BrClFNO3/c17-11-5-6-13(18)12(7-11)16(22)23-9-15(21)20-8-10-3-1-2-4-14(10)19/h1-7H,8-9H2,(H,20,21). The third-order valence-corrected chi connectivity index (χ3v) is 3.74. The Morgan fingerprint density at radius 3 is 2.70 bits per heavy atom. The van der Waals surface area contributed by atoms with E-state index in [-0.39, 0.29) is 17.1 Å². The molecule has 0 aromatic heterocycles. The number of halogens is 3. The Kier molecular flexibility index (Phi) is 6.12. The summed E-state index contributed by atoms with van der Waals surface area (Å²) in [7, 11) is 0. The number of amides is 1. The number of rotatable bonds is 5. The van der Waals surface area contributed by atoms with Crippen LogP contribution in [0.25, 0.3) is 0 Å². The third kappa shape index (κ3) is 5.04. The van der Waals surface area contributed by atoms with Gasteiger partial charge in [0, 0.05) is 16.6 Å². The van der Waals surface area contributed by atoms with Gasteiger partial charge in [0.1, 0.15) is 5.82 Å². The minimum absolute atomic E-state index is 0.0146. The molecule has 0 atom stereocenters. The third-order valence-electron chi connectivity index (χ3n) is 2.92. The summed E-state index contributed by atoms with van der Waals surface area (Å²) in [5, 5.41) is 2.70. The highest BCUT2D eigenvalue weighted by molar-refractivity contribution is 9.10. The van der Waals surface area contributed by atoms with Gasteiger partial charge in [-0.05, 0) is 24.3 Å². The molecular formula is C16H12BrClFNO3. The predicted molar refractivity (Wildman–Crippen MR) is 87.7 cm³/mol. The highest BCUT2D eigenvalue weighted by Gasteiger charge is 2.14. The van der Waals surface area contributed by atoms with E-state index in [2.05, 4.69) is 21.2 Å². The van der Waals surface area contributed by atoms with E-state index in [0.29, 0.717) is 10.0 Å². The van der Waals surface area contributed by atoms with Gasteiger partial charge in [-0.1, -0.05) is 45.7 Å². The van der Waals surface area contributed by atoms with Crippen molar-refractivity contribution in [3.63, 3.8) is 0 Å². The molecule has 0 aliphatic rings. The van der Waals surface area contributed by atoms with Crippen LogP contribution in [-0.4, -0.2) is 18.5 Å². The molecule has 0 bridgehead atoms. The molecule has 0 unspecified atom stereocenters. The molecule has 0 saturated carbocycles.